The van der Waals surface area contributed by atoms with Crippen LogP contribution < -0.4 is 10.5 Å². The molecule has 1 atom stereocenters. The summed E-state index contributed by atoms with van der Waals surface area (Å²) in [6.45, 7) is -0.157. The number of carboxylic acids is 1. The minimum absolute atomic E-state index is 0.113. The van der Waals surface area contributed by atoms with Crippen molar-refractivity contribution in [3.8, 4) is 5.75 Å². The molecule has 0 spiro atoms. The largest absolute Gasteiger partial charge is 0.573 e. The Bertz CT molecular complexity index is 420. The molecule has 1 unspecified atom stereocenters. The molecular weight excluding hydrogens is 251 g/mol. The lowest BCUT2D eigenvalue weighted by Crippen LogP contribution is -2.26. The Kier molecular flexibility index (Phi) is 4.55. The molecule has 3 N–H and O–H groups in total. The molecule has 0 radical (unpaired) electrons. The lowest BCUT2D eigenvalue weighted by molar-refractivity contribution is -0.274. The number of hydrogen-bond acceptors (Lipinski definition) is 3. The van der Waals surface area contributed by atoms with Crippen molar-refractivity contribution in [3.63, 3.8) is 0 Å². The fourth-order valence-electron chi connectivity index (χ4n) is 1.43. The van der Waals surface area contributed by atoms with E-state index < -0.39 is 24.0 Å². The van der Waals surface area contributed by atoms with E-state index in [0.717, 1.165) is 6.07 Å². The number of nitrogens with two attached hydrogens (primary N) is 1. The van der Waals surface area contributed by atoms with Gasteiger partial charge in [-0.05, 0) is 18.1 Å². The highest BCUT2D eigenvalue weighted by Crippen LogP contribution is 2.27. The zero-order valence-electron chi connectivity index (χ0n) is 9.28. The quantitative estimate of drug-likeness (QED) is 0.849. The lowest BCUT2D eigenvalue weighted by Gasteiger charge is -2.15. The maximum atomic E-state index is 12.1. The van der Waals surface area contributed by atoms with Crippen molar-refractivity contribution < 1.29 is 27.8 Å². The Morgan fingerprint density at radius 3 is 2.50 bits per heavy atom. The first-order valence-electron chi connectivity index (χ1n) is 5.10. The van der Waals surface area contributed by atoms with E-state index in [9.17, 15) is 18.0 Å². The van der Waals surface area contributed by atoms with Crippen LogP contribution in [0.15, 0.2) is 24.3 Å². The normalized spacial score (nSPS) is 13.1. The lowest BCUT2D eigenvalue weighted by atomic mass is 9.99. The number of rotatable bonds is 5. The summed E-state index contributed by atoms with van der Waals surface area (Å²) in [5.74, 6) is -2.49. The summed E-state index contributed by atoms with van der Waals surface area (Å²) in [7, 11) is 0. The molecule has 0 aliphatic heterocycles. The molecule has 0 aromatic heterocycles. The molecule has 1 aromatic carbocycles. The molecule has 1 aromatic rings. The van der Waals surface area contributed by atoms with E-state index in [-0.39, 0.29) is 18.5 Å². The third-order valence-corrected chi connectivity index (χ3v) is 2.30. The summed E-state index contributed by atoms with van der Waals surface area (Å²) in [6, 6.07) is 5.40. The van der Waals surface area contributed by atoms with Crippen molar-refractivity contribution in [1.29, 1.82) is 0 Å². The molecule has 4 nitrogen and oxygen atoms in total. The Balaban J connectivity index is 2.91. The second-order valence-corrected chi connectivity index (χ2v) is 3.63. The summed E-state index contributed by atoms with van der Waals surface area (Å²) in [6.07, 6.45) is -4.92. The number of ether oxygens (including phenoxy) is 1. The summed E-state index contributed by atoms with van der Waals surface area (Å²) >= 11 is 0. The van der Waals surface area contributed by atoms with Crippen LogP contribution in [-0.4, -0.2) is 24.0 Å². The molecule has 0 aliphatic rings. The molecule has 0 amide bonds. The minimum Gasteiger partial charge on any atom is -0.481 e. The second-order valence-electron chi connectivity index (χ2n) is 3.63. The van der Waals surface area contributed by atoms with E-state index in [1.165, 1.54) is 18.2 Å². The molecule has 0 fully saturated rings. The van der Waals surface area contributed by atoms with E-state index in [2.05, 4.69) is 4.74 Å². The molecule has 1 rings (SSSR count). The minimum atomic E-state index is -4.81. The van der Waals surface area contributed by atoms with Crippen LogP contribution in [0.3, 0.4) is 0 Å². The molecule has 0 heterocycles. The van der Waals surface area contributed by atoms with Crippen LogP contribution in [0.1, 0.15) is 5.56 Å². The molecule has 0 bridgehead atoms. The first-order chi connectivity index (χ1) is 8.33. The highest BCUT2D eigenvalue weighted by Gasteiger charge is 2.32. The number of halogens is 3. The number of hydrogen-bond donors (Lipinski definition) is 2. The van der Waals surface area contributed by atoms with Gasteiger partial charge in [0.25, 0.3) is 0 Å². The highest BCUT2D eigenvalue weighted by atomic mass is 19.4. The Labute approximate surface area is 101 Å². The fraction of sp³-hybridized carbons (Fsp3) is 0.364. The molecule has 0 aliphatic carbocycles. The third kappa shape index (κ3) is 4.25. The molecule has 0 saturated heterocycles. The SMILES string of the molecule is NCC(Cc1ccccc1OC(F)(F)F)C(=O)O. The fourth-order valence-corrected chi connectivity index (χ4v) is 1.43. The van der Waals surface area contributed by atoms with E-state index >= 15 is 0 Å². The predicted octanol–water partition coefficient (Wildman–Crippen LogP) is 1.79. The zero-order valence-corrected chi connectivity index (χ0v) is 9.28. The standard InChI is InChI=1S/C11H12F3NO3/c12-11(13,14)18-9-4-2-1-3-7(9)5-8(6-15)10(16)17/h1-4,8H,5-6,15H2,(H,16,17). The first-order valence-corrected chi connectivity index (χ1v) is 5.10. The van der Waals surface area contributed by atoms with Gasteiger partial charge in [0.05, 0.1) is 5.92 Å². The number of carbonyl (C=O) groups is 1. The van der Waals surface area contributed by atoms with Gasteiger partial charge in [0.1, 0.15) is 5.75 Å². The van der Waals surface area contributed by atoms with E-state index in [4.69, 9.17) is 10.8 Å². The van der Waals surface area contributed by atoms with E-state index in [1.54, 1.807) is 0 Å². The van der Waals surface area contributed by atoms with Crippen LogP contribution in [0.25, 0.3) is 0 Å². The Morgan fingerprint density at radius 1 is 1.39 bits per heavy atom. The predicted molar refractivity (Wildman–Crippen MR) is 57.0 cm³/mol. The van der Waals surface area contributed by atoms with Gasteiger partial charge in [0, 0.05) is 6.54 Å². The summed E-state index contributed by atoms with van der Waals surface area (Å²) in [4.78, 5) is 10.8. The molecule has 100 valence electrons. The van der Waals surface area contributed by atoms with Crippen LogP contribution >= 0.6 is 0 Å². The number of alkyl halides is 3. The van der Waals surface area contributed by atoms with Gasteiger partial charge < -0.3 is 15.6 Å². The maximum absolute atomic E-state index is 12.1. The van der Waals surface area contributed by atoms with Crippen LogP contribution in [-0.2, 0) is 11.2 Å². The van der Waals surface area contributed by atoms with Crippen molar-refractivity contribution in [2.45, 2.75) is 12.8 Å². The van der Waals surface area contributed by atoms with Gasteiger partial charge in [0.15, 0.2) is 0 Å². The van der Waals surface area contributed by atoms with Crippen LogP contribution in [0.5, 0.6) is 5.75 Å². The summed E-state index contributed by atoms with van der Waals surface area (Å²) < 4.78 is 40.2. The van der Waals surface area contributed by atoms with Crippen LogP contribution in [0, 0.1) is 5.92 Å². The van der Waals surface area contributed by atoms with Gasteiger partial charge in [-0.3, -0.25) is 4.79 Å². The number of carboxylic acid groups (broad SMARTS) is 1. The van der Waals surface area contributed by atoms with Gasteiger partial charge in [-0.2, -0.15) is 0 Å². The van der Waals surface area contributed by atoms with E-state index in [1.807, 2.05) is 0 Å². The Morgan fingerprint density at radius 2 is 2.00 bits per heavy atom. The summed E-state index contributed by atoms with van der Waals surface area (Å²) in [5.41, 5.74) is 5.41. The maximum Gasteiger partial charge on any atom is 0.573 e. The van der Waals surface area contributed by atoms with Crippen molar-refractivity contribution in [2.75, 3.05) is 6.54 Å². The average molecular weight is 263 g/mol. The number of para-hydroxylation sites is 1. The highest BCUT2D eigenvalue weighted by molar-refractivity contribution is 5.70. The third-order valence-electron chi connectivity index (χ3n) is 2.30. The molecular formula is C11H12F3NO3. The first kappa shape index (κ1) is 14.3. The monoisotopic (exact) mass is 263 g/mol. The van der Waals surface area contributed by atoms with Crippen molar-refractivity contribution in [2.24, 2.45) is 11.7 Å². The molecule has 0 saturated carbocycles. The smallest absolute Gasteiger partial charge is 0.481 e. The van der Waals surface area contributed by atoms with Gasteiger partial charge in [-0.1, -0.05) is 18.2 Å². The number of aliphatic carboxylic acids is 1. The van der Waals surface area contributed by atoms with Crippen LogP contribution in [0.4, 0.5) is 13.2 Å². The van der Waals surface area contributed by atoms with Gasteiger partial charge in [-0.15, -0.1) is 13.2 Å². The molecule has 18 heavy (non-hydrogen) atoms. The average Bonchev–Trinajstić information content (AvgIpc) is 2.25. The van der Waals surface area contributed by atoms with E-state index in [0.29, 0.717) is 0 Å². The van der Waals surface area contributed by atoms with Crippen LogP contribution in [0.2, 0.25) is 0 Å². The van der Waals surface area contributed by atoms with Gasteiger partial charge in [0.2, 0.25) is 0 Å². The zero-order chi connectivity index (χ0) is 13.8. The topological polar surface area (TPSA) is 72.5 Å². The Hall–Kier alpha value is -1.76. The number of benzene rings is 1. The van der Waals surface area contributed by atoms with Gasteiger partial charge >= 0.3 is 12.3 Å². The van der Waals surface area contributed by atoms with Crippen molar-refractivity contribution >= 4 is 5.97 Å². The second kappa shape index (κ2) is 5.72. The van der Waals surface area contributed by atoms with Gasteiger partial charge in [-0.25, -0.2) is 0 Å². The summed E-state index contributed by atoms with van der Waals surface area (Å²) in [5, 5.41) is 8.81. The molecule has 7 heteroatoms. The van der Waals surface area contributed by atoms with Crippen molar-refractivity contribution in [3.05, 3.63) is 29.8 Å². The van der Waals surface area contributed by atoms with Crippen molar-refractivity contribution in [1.82, 2.24) is 0 Å².